The maximum Gasteiger partial charge on any atom is 0.436 e. The van der Waals surface area contributed by atoms with Crippen LogP contribution in [-0.4, -0.2) is 62.5 Å². The summed E-state index contributed by atoms with van der Waals surface area (Å²) in [5.74, 6) is 1.61. The van der Waals surface area contributed by atoms with Crippen molar-refractivity contribution in [2.75, 3.05) is 13.1 Å². The number of hydrogen-bond donors (Lipinski definition) is 0. The molecule has 46 heavy (non-hydrogen) atoms. The smallest absolute Gasteiger partial charge is 0.436 e. The number of rotatable bonds is 9. The van der Waals surface area contributed by atoms with Gasteiger partial charge in [-0.05, 0) is 86.3 Å². The molecule has 10 heteroatoms. The van der Waals surface area contributed by atoms with Crippen molar-refractivity contribution >= 4 is 12.4 Å². The van der Waals surface area contributed by atoms with Gasteiger partial charge in [0.25, 0.3) is 6.47 Å². The molecule has 10 nitrogen and oxygen atoms in total. The molecule has 1 fully saturated rings. The fourth-order valence-corrected chi connectivity index (χ4v) is 5.68. The first-order chi connectivity index (χ1) is 21.4. The van der Waals surface area contributed by atoms with Crippen LogP contribution in [0.4, 0.5) is 0 Å². The van der Waals surface area contributed by atoms with Gasteiger partial charge in [-0.15, -0.1) is 5.10 Å². The van der Waals surface area contributed by atoms with Crippen LogP contribution in [0.2, 0.25) is 0 Å². The molecule has 1 saturated carbocycles. The second-order valence-corrected chi connectivity index (χ2v) is 14.6. The summed E-state index contributed by atoms with van der Waals surface area (Å²) < 4.78 is 24.0. The summed E-state index contributed by atoms with van der Waals surface area (Å²) in [6.07, 6.45) is 17.2. The zero-order valence-electron chi connectivity index (χ0n) is 29.1. The Hall–Kier alpha value is -3.92. The van der Waals surface area contributed by atoms with Gasteiger partial charge in [0, 0.05) is 32.1 Å². The number of fused-ring (bicyclic) bond motifs is 1. The number of ether oxygens (including phenoxy) is 3. The number of aromatic nitrogens is 2. The first-order valence-corrected chi connectivity index (χ1v) is 15.9. The van der Waals surface area contributed by atoms with Gasteiger partial charge in [-0.2, -0.15) is 4.68 Å². The van der Waals surface area contributed by atoms with E-state index in [1.165, 1.54) is 10.3 Å². The fourth-order valence-electron chi connectivity index (χ4n) is 5.68. The van der Waals surface area contributed by atoms with Crippen LogP contribution in [0.25, 0.3) is 0 Å². The van der Waals surface area contributed by atoms with Crippen molar-refractivity contribution in [1.29, 1.82) is 0 Å². The lowest BCUT2D eigenvalue weighted by atomic mass is 10.1. The Labute approximate surface area is 272 Å². The number of aryl methyl sites for hydroxylation is 1. The van der Waals surface area contributed by atoms with Gasteiger partial charge in [0.15, 0.2) is 0 Å². The average molecular weight is 635 g/mol. The first kappa shape index (κ1) is 34.9. The molecule has 2 heterocycles. The molecule has 250 valence electrons. The standard InChI is InChI=1S/C31H40N4O4.C5H10O2/c1-21-14-15-23(16-22(2)26(21)38-29(3,4)5)17-35(18-25-33-34(7)28(36)37-25)20-31-19-30(31,6)39-27(32-31)24-12-10-8-9-11-13-24;1-5(2,3)7-4-6/h8-12,14,16H,13,15,17-20H2,1-7H3;4H,1-3H3. The Balaban J connectivity index is 0.000000617. The number of hydrogen-bond acceptors (Lipinski definition) is 9. The Morgan fingerprint density at radius 3 is 2.41 bits per heavy atom. The van der Waals surface area contributed by atoms with Crippen molar-refractivity contribution in [1.82, 2.24) is 14.7 Å². The molecule has 2 atom stereocenters. The molecule has 0 bridgehead atoms. The van der Waals surface area contributed by atoms with E-state index in [9.17, 15) is 9.59 Å². The lowest BCUT2D eigenvalue weighted by Crippen LogP contribution is -2.37. The van der Waals surface area contributed by atoms with E-state index in [1.807, 2.05) is 39.0 Å². The van der Waals surface area contributed by atoms with Crippen molar-refractivity contribution in [3.63, 3.8) is 0 Å². The highest BCUT2D eigenvalue weighted by Gasteiger charge is 2.72. The second kappa shape index (κ2) is 13.4. The van der Waals surface area contributed by atoms with Crippen LogP contribution < -0.4 is 5.76 Å². The molecule has 4 aliphatic rings. The van der Waals surface area contributed by atoms with E-state index in [4.69, 9.17) is 18.9 Å². The van der Waals surface area contributed by atoms with E-state index in [1.54, 1.807) is 7.05 Å². The second-order valence-electron chi connectivity index (χ2n) is 14.6. The molecule has 1 aromatic rings. The largest absolute Gasteiger partial charge is 0.488 e. The zero-order valence-corrected chi connectivity index (χ0v) is 29.1. The Morgan fingerprint density at radius 2 is 1.80 bits per heavy atom. The summed E-state index contributed by atoms with van der Waals surface area (Å²) in [7, 11) is 1.60. The van der Waals surface area contributed by atoms with Gasteiger partial charge in [-0.3, -0.25) is 9.69 Å². The topological polar surface area (TPSA) is 108 Å². The van der Waals surface area contributed by atoms with Gasteiger partial charge >= 0.3 is 5.76 Å². The number of carbonyl (C=O) groups is 1. The van der Waals surface area contributed by atoms with Gasteiger partial charge < -0.3 is 18.6 Å². The number of nitrogens with zero attached hydrogens (tertiary/aromatic N) is 4. The Bertz CT molecular complexity index is 1590. The molecule has 0 aromatic carbocycles. The summed E-state index contributed by atoms with van der Waals surface area (Å²) >= 11 is 0. The fraction of sp³-hybridized carbons (Fsp3) is 0.556. The minimum Gasteiger partial charge on any atom is -0.488 e. The van der Waals surface area contributed by atoms with Crippen LogP contribution in [0.15, 0.2) is 84.8 Å². The predicted octanol–water partition coefficient (Wildman–Crippen LogP) is 6.27. The third-order valence-corrected chi connectivity index (χ3v) is 8.01. The number of allylic oxidation sites excluding steroid dienone is 9. The van der Waals surface area contributed by atoms with Gasteiger partial charge in [-0.25, -0.2) is 9.79 Å². The molecule has 0 radical (unpaired) electrons. The van der Waals surface area contributed by atoms with Crippen molar-refractivity contribution < 1.29 is 23.4 Å². The molecule has 1 aliphatic heterocycles. The SMILES string of the molecule is CC(C)(C)OC=O.CC1=CCC(CN(Cc2nn(C)c(=O)o2)CC23CC2(C)OC(C2=CC=CC=CC2)=N3)=CC(C)=C1OC(C)(C)C. The molecule has 0 N–H and O–H groups in total. The zero-order chi connectivity index (χ0) is 33.9. The Kier molecular flexibility index (Phi) is 10.2. The van der Waals surface area contributed by atoms with Crippen LogP contribution in [0.5, 0.6) is 0 Å². The monoisotopic (exact) mass is 634 g/mol. The van der Waals surface area contributed by atoms with Crippen LogP contribution in [0.3, 0.4) is 0 Å². The normalized spacial score (nSPS) is 24.0. The van der Waals surface area contributed by atoms with Gasteiger partial charge in [-0.1, -0.05) is 48.1 Å². The molecule has 2 unspecified atom stereocenters. The predicted molar refractivity (Wildman–Crippen MR) is 179 cm³/mol. The maximum atomic E-state index is 12.0. The number of aliphatic imine (C=N–C) groups is 1. The molecule has 0 saturated heterocycles. The maximum absolute atomic E-state index is 12.0. The highest BCUT2D eigenvalue weighted by Crippen LogP contribution is 2.59. The van der Waals surface area contributed by atoms with E-state index in [-0.39, 0.29) is 22.3 Å². The van der Waals surface area contributed by atoms with E-state index in [0.29, 0.717) is 32.0 Å². The summed E-state index contributed by atoms with van der Waals surface area (Å²) in [5.41, 5.74) is 3.30. The molecule has 0 spiro atoms. The van der Waals surface area contributed by atoms with E-state index in [2.05, 4.69) is 80.6 Å². The van der Waals surface area contributed by atoms with Gasteiger partial charge in [0.2, 0.25) is 11.8 Å². The Morgan fingerprint density at radius 1 is 1.07 bits per heavy atom. The highest BCUT2D eigenvalue weighted by atomic mass is 16.5. The van der Waals surface area contributed by atoms with Crippen molar-refractivity contribution in [2.45, 2.75) is 110 Å². The average Bonchev–Trinajstić information content (AvgIpc) is 3.41. The number of carbonyl (C=O) groups excluding carboxylic acids is 1. The third kappa shape index (κ3) is 8.87. The van der Waals surface area contributed by atoms with Crippen molar-refractivity contribution in [3.05, 3.63) is 87.0 Å². The van der Waals surface area contributed by atoms with Gasteiger partial charge in [0.05, 0.1) is 6.54 Å². The van der Waals surface area contributed by atoms with Crippen molar-refractivity contribution in [3.8, 4) is 0 Å². The van der Waals surface area contributed by atoms with Gasteiger partial charge in [0.1, 0.15) is 28.1 Å². The third-order valence-electron chi connectivity index (χ3n) is 8.01. The van der Waals surface area contributed by atoms with Crippen LogP contribution >= 0.6 is 0 Å². The van der Waals surface area contributed by atoms with E-state index < -0.39 is 5.76 Å². The summed E-state index contributed by atoms with van der Waals surface area (Å²) in [4.78, 5) is 29.1. The molecule has 3 aliphatic carbocycles. The minimum absolute atomic E-state index is 0.279. The first-order valence-electron chi connectivity index (χ1n) is 15.9. The molecule has 0 amide bonds. The summed E-state index contributed by atoms with van der Waals surface area (Å²) in [6.45, 7) is 20.2. The quantitative estimate of drug-likeness (QED) is 0.293. The van der Waals surface area contributed by atoms with E-state index in [0.717, 1.165) is 47.6 Å². The van der Waals surface area contributed by atoms with Crippen LogP contribution in [0.1, 0.15) is 87.5 Å². The van der Waals surface area contributed by atoms with Crippen LogP contribution in [0, 0.1) is 0 Å². The summed E-state index contributed by atoms with van der Waals surface area (Å²) in [6, 6.07) is 0. The molecular weight excluding hydrogens is 584 g/mol. The minimum atomic E-state index is -0.458. The summed E-state index contributed by atoms with van der Waals surface area (Å²) in [5, 5.41) is 4.31. The van der Waals surface area contributed by atoms with Crippen LogP contribution in [-0.2, 0) is 32.6 Å². The molecular formula is C36H50N4O6. The lowest BCUT2D eigenvalue weighted by molar-refractivity contribution is -0.138. The van der Waals surface area contributed by atoms with E-state index >= 15 is 0 Å². The highest BCUT2D eigenvalue weighted by molar-refractivity contribution is 5.97. The molecule has 5 rings (SSSR count). The lowest BCUT2D eigenvalue weighted by Gasteiger charge is -2.25. The van der Waals surface area contributed by atoms with Crippen molar-refractivity contribution in [2.24, 2.45) is 12.0 Å². The molecule has 1 aromatic heterocycles.